The number of aliphatic imine (C=N–C) groups is 1. The van der Waals surface area contributed by atoms with Gasteiger partial charge < -0.3 is 14.8 Å². The fourth-order valence-electron chi connectivity index (χ4n) is 3.88. The molecule has 4 rings (SSSR count). The Morgan fingerprint density at radius 1 is 1.33 bits per heavy atom. The first kappa shape index (κ1) is 17.6. The Hall–Kier alpha value is -2.82. The number of imidazole rings is 1. The van der Waals surface area contributed by atoms with Crippen molar-refractivity contribution in [1.82, 2.24) is 14.9 Å². The van der Waals surface area contributed by atoms with Gasteiger partial charge >= 0.3 is 0 Å². The van der Waals surface area contributed by atoms with Gasteiger partial charge in [-0.15, -0.1) is 0 Å². The minimum atomic E-state index is -0.0844. The van der Waals surface area contributed by atoms with E-state index in [4.69, 9.17) is 0 Å². The third kappa shape index (κ3) is 3.07. The van der Waals surface area contributed by atoms with Crippen LogP contribution >= 0.6 is 0 Å². The van der Waals surface area contributed by atoms with E-state index in [1.807, 2.05) is 18.7 Å². The topological polar surface area (TPSA) is 45.5 Å². The average molecular weight is 361 g/mol. The van der Waals surface area contributed by atoms with Crippen molar-refractivity contribution in [3.05, 3.63) is 52.6 Å². The molecule has 2 aliphatic rings. The first-order valence-electron chi connectivity index (χ1n) is 9.55. The number of anilines is 1. The normalized spacial score (nSPS) is 20.8. The Morgan fingerprint density at radius 3 is 2.93 bits per heavy atom. The summed E-state index contributed by atoms with van der Waals surface area (Å²) in [5, 5.41) is 5.68. The van der Waals surface area contributed by atoms with E-state index in [0.29, 0.717) is 0 Å². The van der Waals surface area contributed by atoms with Crippen molar-refractivity contribution in [3.8, 4) is 0 Å². The Labute approximate surface area is 160 Å². The molecule has 1 aliphatic heterocycles. The predicted octanol–water partition coefficient (Wildman–Crippen LogP) is 1.81. The maximum atomic E-state index is 4.48. The number of benzene rings is 1. The molecule has 0 saturated heterocycles. The molecular weight excluding hydrogens is 334 g/mol. The van der Waals surface area contributed by atoms with E-state index < -0.39 is 0 Å². The van der Waals surface area contributed by atoms with Crippen LogP contribution in [-0.4, -0.2) is 34.9 Å². The van der Waals surface area contributed by atoms with E-state index in [2.05, 4.69) is 83.1 Å². The molecule has 1 N–H and O–H groups in total. The summed E-state index contributed by atoms with van der Waals surface area (Å²) >= 11 is 0. The summed E-state index contributed by atoms with van der Waals surface area (Å²) in [4.78, 5) is 11.2. The number of nitrogens with zero attached hydrogens (tertiary/aromatic N) is 4. The van der Waals surface area contributed by atoms with E-state index in [1.165, 1.54) is 22.2 Å². The van der Waals surface area contributed by atoms with Crippen molar-refractivity contribution >= 4 is 29.8 Å². The zero-order valence-corrected chi connectivity index (χ0v) is 16.5. The van der Waals surface area contributed by atoms with Crippen LogP contribution in [0.4, 0.5) is 5.69 Å². The lowest BCUT2D eigenvalue weighted by atomic mass is 9.90. The van der Waals surface area contributed by atoms with Crippen LogP contribution in [0.3, 0.4) is 0 Å². The monoisotopic (exact) mass is 361 g/mol. The largest absolute Gasteiger partial charge is 0.378 e. The Balaban J connectivity index is 1.72. The van der Waals surface area contributed by atoms with Gasteiger partial charge in [0.1, 0.15) is 0 Å². The van der Waals surface area contributed by atoms with Gasteiger partial charge in [0.25, 0.3) is 0 Å². The molecule has 27 heavy (non-hydrogen) atoms. The lowest BCUT2D eigenvalue weighted by molar-refractivity contribution is 0.586. The minimum absolute atomic E-state index is 0.0844. The van der Waals surface area contributed by atoms with Gasteiger partial charge in [-0.2, -0.15) is 0 Å². The second-order valence-corrected chi connectivity index (χ2v) is 7.55. The van der Waals surface area contributed by atoms with Gasteiger partial charge in [-0.3, -0.25) is 4.99 Å². The summed E-state index contributed by atoms with van der Waals surface area (Å²) in [5.41, 5.74) is 4.82. The zero-order chi connectivity index (χ0) is 19.0. The summed E-state index contributed by atoms with van der Waals surface area (Å²) in [7, 11) is 4.25. The molecule has 0 radical (unpaired) electrons. The first-order valence-corrected chi connectivity index (χ1v) is 9.55. The van der Waals surface area contributed by atoms with Gasteiger partial charge in [0.2, 0.25) is 0 Å². The molecule has 1 aliphatic carbocycles. The quantitative estimate of drug-likeness (QED) is 0.904. The molecule has 0 fully saturated rings. The zero-order valence-electron chi connectivity index (χ0n) is 16.5. The molecule has 1 aromatic carbocycles. The molecule has 1 unspecified atom stereocenters. The molecule has 5 nitrogen and oxygen atoms in total. The van der Waals surface area contributed by atoms with Crippen LogP contribution < -0.4 is 20.9 Å². The molecule has 0 amide bonds. The summed E-state index contributed by atoms with van der Waals surface area (Å²) < 4.78 is 2.10. The number of nitrogens with one attached hydrogen (secondary N) is 1. The van der Waals surface area contributed by atoms with Crippen molar-refractivity contribution in [2.24, 2.45) is 12.0 Å². The second-order valence-electron chi connectivity index (χ2n) is 7.55. The van der Waals surface area contributed by atoms with Gasteiger partial charge in [-0.1, -0.05) is 19.1 Å². The van der Waals surface area contributed by atoms with Crippen LogP contribution in [-0.2, 0) is 13.5 Å². The summed E-state index contributed by atoms with van der Waals surface area (Å²) in [5.74, 6) is 0. The van der Waals surface area contributed by atoms with Crippen LogP contribution in [0.25, 0.3) is 17.8 Å². The van der Waals surface area contributed by atoms with Crippen LogP contribution in [0.1, 0.15) is 31.4 Å². The maximum Gasteiger partial charge on any atom is 0.0955 e. The summed E-state index contributed by atoms with van der Waals surface area (Å²) in [6, 6.07) is 6.72. The fourth-order valence-corrected chi connectivity index (χ4v) is 3.88. The smallest absolute Gasteiger partial charge is 0.0955 e. The van der Waals surface area contributed by atoms with E-state index in [-0.39, 0.29) is 5.54 Å². The van der Waals surface area contributed by atoms with Gasteiger partial charge in [-0.25, -0.2) is 4.98 Å². The lowest BCUT2D eigenvalue weighted by Crippen LogP contribution is -2.48. The van der Waals surface area contributed by atoms with E-state index in [9.17, 15) is 0 Å². The number of hydrogen-bond donors (Lipinski definition) is 1. The highest BCUT2D eigenvalue weighted by atomic mass is 15.2. The Morgan fingerprint density at radius 2 is 2.19 bits per heavy atom. The summed E-state index contributed by atoms with van der Waals surface area (Å²) in [6.07, 6.45) is 12.2. The van der Waals surface area contributed by atoms with Crippen molar-refractivity contribution in [1.29, 1.82) is 0 Å². The standard InChI is InChI=1S/C22H27N5/c1-5-16-12-17(19-14-23-10-11-24-19)6-7-20(16)27(4)22(2)9-8-18-21(13-22)26(3)15-25-18/h6-8,10,12-15,24H,5,9,11H2,1-4H3. The lowest BCUT2D eigenvalue weighted by Gasteiger charge is -2.39. The van der Waals surface area contributed by atoms with E-state index >= 15 is 0 Å². The number of hydrogen-bond acceptors (Lipinski definition) is 4. The molecule has 140 valence electrons. The molecular formula is C22H27N5. The number of aromatic nitrogens is 2. The molecule has 2 heterocycles. The fraction of sp³-hybridized carbons (Fsp3) is 0.364. The van der Waals surface area contributed by atoms with Crippen molar-refractivity contribution in [2.45, 2.75) is 32.2 Å². The molecule has 1 atom stereocenters. The summed E-state index contributed by atoms with van der Waals surface area (Å²) in [6.45, 7) is 5.30. The molecule has 0 saturated carbocycles. The molecule has 2 aromatic rings. The highest BCUT2D eigenvalue weighted by molar-refractivity contribution is 5.75. The maximum absolute atomic E-state index is 4.48. The van der Waals surface area contributed by atoms with Crippen molar-refractivity contribution < 1.29 is 0 Å². The van der Waals surface area contributed by atoms with Crippen molar-refractivity contribution in [3.63, 3.8) is 0 Å². The number of aryl methyl sites for hydroxylation is 2. The van der Waals surface area contributed by atoms with Gasteiger partial charge in [0.15, 0.2) is 0 Å². The number of rotatable bonds is 4. The van der Waals surface area contributed by atoms with Crippen molar-refractivity contribution in [2.75, 3.05) is 18.5 Å². The van der Waals surface area contributed by atoms with Crippen LogP contribution in [0.2, 0.25) is 0 Å². The van der Waals surface area contributed by atoms with Crippen LogP contribution in [0, 0.1) is 0 Å². The van der Waals surface area contributed by atoms with Crippen LogP contribution in [0.5, 0.6) is 0 Å². The van der Waals surface area contributed by atoms with Gasteiger partial charge in [0, 0.05) is 26.0 Å². The third-order valence-corrected chi connectivity index (χ3v) is 5.76. The molecule has 0 bridgehead atoms. The Bertz CT molecular complexity index is 1040. The number of fused-ring (bicyclic) bond motifs is 1. The minimum Gasteiger partial charge on any atom is -0.378 e. The average Bonchev–Trinajstić information content (AvgIpc) is 3.07. The molecule has 5 heteroatoms. The SMILES string of the molecule is CCc1cc(C2=CN=CCN2)ccc1N(C)C1(C)C=c2c(ncn2C)=CC1. The van der Waals surface area contributed by atoms with Crippen LogP contribution in [0.15, 0.2) is 35.7 Å². The van der Waals surface area contributed by atoms with Gasteiger partial charge in [0.05, 0.1) is 41.0 Å². The highest BCUT2D eigenvalue weighted by Gasteiger charge is 2.29. The molecule has 1 aromatic heterocycles. The highest BCUT2D eigenvalue weighted by Crippen LogP contribution is 2.32. The van der Waals surface area contributed by atoms with E-state index in [1.54, 1.807) is 0 Å². The third-order valence-electron chi connectivity index (χ3n) is 5.76. The first-order chi connectivity index (χ1) is 13.0. The Kier molecular flexibility index (Phi) is 4.38. The van der Waals surface area contributed by atoms with E-state index in [0.717, 1.165) is 30.4 Å². The second kappa shape index (κ2) is 6.72. The van der Waals surface area contributed by atoms with Gasteiger partial charge in [-0.05, 0) is 49.1 Å². The molecule has 0 spiro atoms. The predicted molar refractivity (Wildman–Crippen MR) is 113 cm³/mol.